The summed E-state index contributed by atoms with van der Waals surface area (Å²) in [5, 5.41) is 4.51. The zero-order chi connectivity index (χ0) is 27.0. The van der Waals surface area contributed by atoms with Crippen molar-refractivity contribution in [3.05, 3.63) is 77.1 Å². The van der Waals surface area contributed by atoms with E-state index in [1.54, 1.807) is 12.1 Å². The molecule has 0 unspecified atom stereocenters. The van der Waals surface area contributed by atoms with Gasteiger partial charge in [0, 0.05) is 12.7 Å². The lowest BCUT2D eigenvalue weighted by Gasteiger charge is -2.22. The SMILES string of the molecule is COC(=O)CN(Cc1cc(C(F)(F)F)cc(C(F)(F)F)c1)C(=O)c1cnn(-c2nc3ccccc3s2)c1. The molecule has 7 nitrogen and oxygen atoms in total. The number of halogens is 6. The van der Waals surface area contributed by atoms with Gasteiger partial charge in [0.15, 0.2) is 0 Å². The average molecular weight is 542 g/mol. The van der Waals surface area contributed by atoms with Gasteiger partial charge in [0.1, 0.15) is 6.54 Å². The minimum absolute atomic E-state index is 0.0159. The fraction of sp³-hybridized carbons (Fsp3) is 0.217. The first kappa shape index (κ1) is 26.1. The molecular weight excluding hydrogens is 526 g/mol. The van der Waals surface area contributed by atoms with Crippen LogP contribution in [0.25, 0.3) is 15.3 Å². The van der Waals surface area contributed by atoms with Crippen LogP contribution in [-0.4, -0.2) is 45.2 Å². The van der Waals surface area contributed by atoms with Crippen LogP contribution in [0.15, 0.2) is 54.9 Å². The molecule has 0 aliphatic rings. The number of benzene rings is 2. The highest BCUT2D eigenvalue weighted by Gasteiger charge is 2.37. The van der Waals surface area contributed by atoms with Crippen LogP contribution >= 0.6 is 11.3 Å². The third kappa shape index (κ3) is 5.90. The van der Waals surface area contributed by atoms with E-state index >= 15 is 0 Å². The van der Waals surface area contributed by atoms with Gasteiger partial charge in [0.25, 0.3) is 5.91 Å². The van der Waals surface area contributed by atoms with Crippen LogP contribution in [0.3, 0.4) is 0 Å². The zero-order valence-corrected chi connectivity index (χ0v) is 19.6. The van der Waals surface area contributed by atoms with Gasteiger partial charge in [-0.15, -0.1) is 0 Å². The minimum atomic E-state index is -5.06. The van der Waals surface area contributed by atoms with Crippen LogP contribution in [0, 0.1) is 0 Å². The number of amides is 1. The van der Waals surface area contributed by atoms with Gasteiger partial charge in [-0.25, -0.2) is 9.67 Å². The molecule has 0 saturated carbocycles. The number of hydrogen-bond acceptors (Lipinski definition) is 6. The van der Waals surface area contributed by atoms with Gasteiger partial charge in [0.2, 0.25) is 5.13 Å². The molecule has 0 spiro atoms. The highest BCUT2D eigenvalue weighted by atomic mass is 32.1. The summed E-state index contributed by atoms with van der Waals surface area (Å²) in [4.78, 5) is 30.3. The van der Waals surface area contributed by atoms with Crippen molar-refractivity contribution in [2.24, 2.45) is 0 Å². The minimum Gasteiger partial charge on any atom is -0.468 e. The Bertz CT molecular complexity index is 1400. The number of aromatic nitrogens is 3. The second-order valence-electron chi connectivity index (χ2n) is 7.79. The first-order valence-electron chi connectivity index (χ1n) is 10.4. The number of hydrogen-bond donors (Lipinski definition) is 0. The number of methoxy groups -OCH3 is 1. The Balaban J connectivity index is 1.67. The highest BCUT2D eigenvalue weighted by molar-refractivity contribution is 7.20. The molecule has 0 bridgehead atoms. The van der Waals surface area contributed by atoms with Gasteiger partial charge in [-0.3, -0.25) is 9.59 Å². The molecule has 0 saturated heterocycles. The molecule has 0 fully saturated rings. The Labute approximate surface area is 208 Å². The Morgan fingerprint density at radius 3 is 2.27 bits per heavy atom. The topological polar surface area (TPSA) is 77.3 Å². The molecule has 2 aromatic carbocycles. The van der Waals surface area contributed by atoms with Crippen molar-refractivity contribution < 1.29 is 40.7 Å². The third-order valence-electron chi connectivity index (χ3n) is 5.16. The Hall–Kier alpha value is -3.94. The first-order chi connectivity index (χ1) is 17.3. The van der Waals surface area contributed by atoms with Gasteiger partial charge in [0.05, 0.1) is 40.2 Å². The summed E-state index contributed by atoms with van der Waals surface area (Å²) < 4.78 is 86.3. The fourth-order valence-corrected chi connectivity index (χ4v) is 4.33. The smallest absolute Gasteiger partial charge is 0.416 e. The predicted octanol–water partition coefficient (Wildman–Crippen LogP) is 5.34. The number of esters is 1. The lowest BCUT2D eigenvalue weighted by atomic mass is 10.0. The zero-order valence-electron chi connectivity index (χ0n) is 18.8. The molecule has 1 amide bonds. The van der Waals surface area contributed by atoms with Gasteiger partial charge in [-0.05, 0) is 35.9 Å². The number of nitrogens with zero attached hydrogens (tertiary/aromatic N) is 4. The molecule has 194 valence electrons. The van der Waals surface area contributed by atoms with Crippen molar-refractivity contribution >= 4 is 33.4 Å². The number of carbonyl (C=O) groups is 2. The molecule has 0 radical (unpaired) electrons. The van der Waals surface area contributed by atoms with Crippen LogP contribution in [0.4, 0.5) is 26.3 Å². The summed E-state index contributed by atoms with van der Waals surface area (Å²) in [5.41, 5.74) is -2.91. The Kier molecular flexibility index (Phi) is 6.95. The first-order valence-corrected chi connectivity index (χ1v) is 11.2. The highest BCUT2D eigenvalue weighted by Crippen LogP contribution is 2.36. The molecular formula is C23H16F6N4O3S. The van der Waals surface area contributed by atoms with Crippen molar-refractivity contribution in [2.75, 3.05) is 13.7 Å². The summed E-state index contributed by atoms with van der Waals surface area (Å²) >= 11 is 1.29. The van der Waals surface area contributed by atoms with E-state index in [9.17, 15) is 35.9 Å². The number of para-hydroxylation sites is 1. The lowest BCUT2D eigenvalue weighted by Crippen LogP contribution is -2.35. The largest absolute Gasteiger partial charge is 0.468 e. The van der Waals surface area contributed by atoms with Crippen LogP contribution < -0.4 is 0 Å². The molecule has 0 aliphatic carbocycles. The van der Waals surface area contributed by atoms with E-state index in [1.807, 2.05) is 12.1 Å². The Morgan fingerprint density at radius 1 is 1.03 bits per heavy atom. The second-order valence-corrected chi connectivity index (χ2v) is 8.80. The number of fused-ring (bicyclic) bond motifs is 1. The summed E-state index contributed by atoms with van der Waals surface area (Å²) in [5.74, 6) is -1.78. The van der Waals surface area contributed by atoms with Gasteiger partial charge in [-0.2, -0.15) is 31.4 Å². The molecule has 4 rings (SSSR count). The van der Waals surface area contributed by atoms with Gasteiger partial charge < -0.3 is 9.64 Å². The maximum absolute atomic E-state index is 13.3. The molecule has 4 aromatic rings. The van der Waals surface area contributed by atoms with E-state index in [-0.39, 0.29) is 11.6 Å². The number of rotatable bonds is 6. The monoisotopic (exact) mass is 542 g/mol. The van der Waals surface area contributed by atoms with Crippen molar-refractivity contribution in [1.82, 2.24) is 19.7 Å². The van der Waals surface area contributed by atoms with Crippen molar-refractivity contribution in [3.63, 3.8) is 0 Å². The average Bonchev–Trinajstić information content (AvgIpc) is 3.49. The lowest BCUT2D eigenvalue weighted by molar-refractivity contribution is -0.144. The number of ether oxygens (including phenoxy) is 1. The number of thiazole rings is 1. The normalized spacial score (nSPS) is 12.1. The van der Waals surface area contributed by atoms with E-state index in [4.69, 9.17) is 0 Å². The second kappa shape index (κ2) is 9.84. The van der Waals surface area contributed by atoms with E-state index in [2.05, 4.69) is 14.8 Å². The van der Waals surface area contributed by atoms with E-state index in [1.165, 1.54) is 22.2 Å². The Morgan fingerprint density at radius 2 is 1.68 bits per heavy atom. The molecule has 14 heteroatoms. The van der Waals surface area contributed by atoms with Crippen LogP contribution in [-0.2, 0) is 28.4 Å². The maximum atomic E-state index is 13.3. The molecule has 0 N–H and O–H groups in total. The van der Waals surface area contributed by atoms with Crippen molar-refractivity contribution in [3.8, 4) is 5.13 Å². The standard InChI is InChI=1S/C23H16F6N4O3S/c1-36-19(34)12-32(10-13-6-15(22(24,25)26)8-16(7-13)23(27,28)29)20(35)14-9-30-33(11-14)21-31-17-4-2-3-5-18(17)37-21/h2-9,11H,10,12H2,1H3. The van der Waals surface area contributed by atoms with E-state index in [0.717, 1.165) is 22.9 Å². The quantitative estimate of drug-likeness (QED) is 0.243. The summed E-state index contributed by atoms with van der Waals surface area (Å²) in [7, 11) is 1.03. The van der Waals surface area contributed by atoms with Gasteiger partial charge in [-0.1, -0.05) is 23.5 Å². The van der Waals surface area contributed by atoms with Crippen molar-refractivity contribution in [1.29, 1.82) is 0 Å². The summed E-state index contributed by atoms with van der Waals surface area (Å²) in [6.07, 6.45) is -7.67. The van der Waals surface area contributed by atoms with Crippen molar-refractivity contribution in [2.45, 2.75) is 18.9 Å². The molecule has 0 atom stereocenters. The molecule has 37 heavy (non-hydrogen) atoms. The third-order valence-corrected chi connectivity index (χ3v) is 6.19. The molecule has 2 heterocycles. The van der Waals surface area contributed by atoms with E-state index in [0.29, 0.717) is 22.8 Å². The fourth-order valence-electron chi connectivity index (χ4n) is 3.43. The van der Waals surface area contributed by atoms with Crippen LogP contribution in [0.1, 0.15) is 27.0 Å². The molecule has 0 aliphatic heterocycles. The van der Waals surface area contributed by atoms with Gasteiger partial charge >= 0.3 is 18.3 Å². The molecule has 2 aromatic heterocycles. The number of carbonyl (C=O) groups excluding carboxylic acids is 2. The van der Waals surface area contributed by atoms with Crippen LogP contribution in [0.5, 0.6) is 0 Å². The number of alkyl halides is 6. The summed E-state index contributed by atoms with van der Waals surface area (Å²) in [6.45, 7) is -1.45. The van der Waals surface area contributed by atoms with Crippen LogP contribution in [0.2, 0.25) is 0 Å². The predicted molar refractivity (Wildman–Crippen MR) is 120 cm³/mol. The maximum Gasteiger partial charge on any atom is 0.416 e. The van der Waals surface area contributed by atoms with E-state index < -0.39 is 54.0 Å². The summed E-state index contributed by atoms with van der Waals surface area (Å²) in [6, 6.07) is 8.23.